The lowest BCUT2D eigenvalue weighted by Crippen LogP contribution is -2.05. The second-order valence-corrected chi connectivity index (χ2v) is 4.79. The van der Waals surface area contributed by atoms with Crippen molar-refractivity contribution in [3.8, 4) is 5.75 Å². The first-order chi connectivity index (χ1) is 10.3. The quantitative estimate of drug-likeness (QED) is 0.718. The van der Waals surface area contributed by atoms with E-state index >= 15 is 0 Å². The topological polar surface area (TPSA) is 48.3 Å². The maximum Gasteiger partial charge on any atom is 0.207 e. The van der Waals surface area contributed by atoms with Gasteiger partial charge in [0.15, 0.2) is 0 Å². The Balaban J connectivity index is 1.93. The van der Waals surface area contributed by atoms with Gasteiger partial charge in [-0.25, -0.2) is 4.98 Å². The maximum absolute atomic E-state index is 5.57. The number of benzene rings is 1. The summed E-state index contributed by atoms with van der Waals surface area (Å²) < 4.78 is 12.7. The Morgan fingerprint density at radius 1 is 1.19 bits per heavy atom. The minimum Gasteiger partial charge on any atom is -0.494 e. The molecule has 114 valence electrons. The van der Waals surface area contributed by atoms with Crippen LogP contribution in [0.15, 0.2) is 36.7 Å². The van der Waals surface area contributed by atoms with E-state index in [0.29, 0.717) is 0 Å². The predicted octanol–water partition coefficient (Wildman–Crippen LogP) is 3.45. The van der Waals surface area contributed by atoms with Crippen molar-refractivity contribution in [1.29, 1.82) is 0 Å². The van der Waals surface area contributed by atoms with E-state index in [0.717, 1.165) is 50.0 Å². The highest BCUT2D eigenvalue weighted by Gasteiger charge is 2.03. The van der Waals surface area contributed by atoms with E-state index in [-0.39, 0.29) is 0 Å². The highest BCUT2D eigenvalue weighted by atomic mass is 16.5. The molecule has 5 heteroatoms. The molecule has 0 radical (unpaired) electrons. The molecule has 1 aromatic carbocycles. The smallest absolute Gasteiger partial charge is 0.207 e. The van der Waals surface area contributed by atoms with Gasteiger partial charge >= 0.3 is 0 Å². The minimum absolute atomic E-state index is 0.747. The van der Waals surface area contributed by atoms with Crippen LogP contribution in [0.3, 0.4) is 0 Å². The molecule has 2 aromatic rings. The zero-order chi connectivity index (χ0) is 14.9. The van der Waals surface area contributed by atoms with Crippen molar-refractivity contribution in [2.45, 2.75) is 26.3 Å². The molecule has 0 atom stereocenters. The molecule has 0 unspecified atom stereocenters. The third-order valence-corrected chi connectivity index (χ3v) is 3.05. The van der Waals surface area contributed by atoms with Gasteiger partial charge in [-0.3, -0.25) is 0 Å². The number of imidazole rings is 1. The van der Waals surface area contributed by atoms with Gasteiger partial charge in [0, 0.05) is 38.3 Å². The van der Waals surface area contributed by atoms with E-state index in [1.54, 1.807) is 13.3 Å². The number of methoxy groups -OCH3 is 1. The number of ether oxygens (including phenoxy) is 2. The average molecular weight is 289 g/mol. The van der Waals surface area contributed by atoms with Crippen LogP contribution in [0.2, 0.25) is 0 Å². The van der Waals surface area contributed by atoms with Gasteiger partial charge in [-0.1, -0.05) is 6.92 Å². The van der Waals surface area contributed by atoms with Crippen molar-refractivity contribution in [3.05, 3.63) is 36.7 Å². The summed E-state index contributed by atoms with van der Waals surface area (Å²) in [6.07, 6.45) is 5.74. The number of anilines is 2. The van der Waals surface area contributed by atoms with Crippen molar-refractivity contribution in [3.63, 3.8) is 0 Å². The molecule has 0 saturated carbocycles. The van der Waals surface area contributed by atoms with Crippen molar-refractivity contribution in [1.82, 2.24) is 9.55 Å². The van der Waals surface area contributed by atoms with Crippen molar-refractivity contribution >= 4 is 11.6 Å². The van der Waals surface area contributed by atoms with Gasteiger partial charge in [0.25, 0.3) is 0 Å². The molecule has 0 aliphatic heterocycles. The van der Waals surface area contributed by atoms with Gasteiger partial charge in [-0.05, 0) is 37.1 Å². The van der Waals surface area contributed by atoms with Crippen LogP contribution in [0.4, 0.5) is 11.6 Å². The number of nitrogens with one attached hydrogen (secondary N) is 1. The van der Waals surface area contributed by atoms with Crippen molar-refractivity contribution in [2.75, 3.05) is 25.6 Å². The maximum atomic E-state index is 5.57. The fraction of sp³-hybridized carbons (Fsp3) is 0.438. The summed E-state index contributed by atoms with van der Waals surface area (Å²) in [5.41, 5.74) is 0.998. The number of rotatable bonds is 9. The summed E-state index contributed by atoms with van der Waals surface area (Å²) in [4.78, 5) is 4.34. The summed E-state index contributed by atoms with van der Waals surface area (Å²) >= 11 is 0. The largest absolute Gasteiger partial charge is 0.494 e. The van der Waals surface area contributed by atoms with Gasteiger partial charge < -0.3 is 19.4 Å². The van der Waals surface area contributed by atoms with E-state index in [1.807, 2.05) is 30.5 Å². The van der Waals surface area contributed by atoms with Crippen LogP contribution in [0.1, 0.15) is 19.8 Å². The first-order valence-electron chi connectivity index (χ1n) is 7.33. The summed E-state index contributed by atoms with van der Waals surface area (Å²) in [6, 6.07) is 7.94. The highest BCUT2D eigenvalue weighted by molar-refractivity contribution is 5.54. The summed E-state index contributed by atoms with van der Waals surface area (Å²) in [5.74, 6) is 1.74. The Bertz CT molecular complexity index is 523. The molecule has 1 heterocycles. The molecule has 0 aliphatic carbocycles. The van der Waals surface area contributed by atoms with Gasteiger partial charge in [-0.2, -0.15) is 0 Å². The molecule has 0 saturated heterocycles. The summed E-state index contributed by atoms with van der Waals surface area (Å²) in [6.45, 7) is 4.48. The van der Waals surface area contributed by atoms with E-state index in [9.17, 15) is 0 Å². The Labute approximate surface area is 125 Å². The normalized spacial score (nSPS) is 10.6. The van der Waals surface area contributed by atoms with Crippen molar-refractivity contribution in [2.24, 2.45) is 0 Å². The van der Waals surface area contributed by atoms with Crippen LogP contribution in [-0.4, -0.2) is 29.9 Å². The highest BCUT2D eigenvalue weighted by Crippen LogP contribution is 2.19. The molecular formula is C16H23N3O2. The third-order valence-electron chi connectivity index (χ3n) is 3.05. The fourth-order valence-electron chi connectivity index (χ4n) is 1.98. The van der Waals surface area contributed by atoms with Gasteiger partial charge in [0.2, 0.25) is 5.95 Å². The molecule has 1 N–H and O–H groups in total. The monoisotopic (exact) mass is 289 g/mol. The van der Waals surface area contributed by atoms with Crippen LogP contribution in [-0.2, 0) is 11.3 Å². The molecule has 2 rings (SSSR count). The Morgan fingerprint density at radius 3 is 2.71 bits per heavy atom. The van der Waals surface area contributed by atoms with E-state index in [2.05, 4.69) is 21.8 Å². The molecule has 0 aliphatic rings. The van der Waals surface area contributed by atoms with Gasteiger partial charge in [0.1, 0.15) is 5.75 Å². The lowest BCUT2D eigenvalue weighted by molar-refractivity contribution is 0.190. The van der Waals surface area contributed by atoms with E-state index < -0.39 is 0 Å². The number of hydrogen-bond acceptors (Lipinski definition) is 4. The van der Waals surface area contributed by atoms with Crippen molar-refractivity contribution < 1.29 is 9.47 Å². The summed E-state index contributed by atoms with van der Waals surface area (Å²) in [7, 11) is 1.72. The Kier molecular flexibility index (Phi) is 6.09. The van der Waals surface area contributed by atoms with Crippen LogP contribution in [0.25, 0.3) is 0 Å². The van der Waals surface area contributed by atoms with E-state index in [4.69, 9.17) is 9.47 Å². The molecule has 21 heavy (non-hydrogen) atoms. The molecule has 1 aromatic heterocycles. The van der Waals surface area contributed by atoms with Crippen LogP contribution < -0.4 is 10.1 Å². The molecule has 0 bridgehead atoms. The van der Waals surface area contributed by atoms with Gasteiger partial charge in [-0.15, -0.1) is 0 Å². The first kappa shape index (κ1) is 15.4. The lowest BCUT2D eigenvalue weighted by atomic mass is 10.3. The zero-order valence-corrected chi connectivity index (χ0v) is 12.7. The third kappa shape index (κ3) is 4.79. The standard InChI is InChI=1S/C16H23N3O2/c1-3-12-21-15-7-5-14(6-8-15)18-16-17-9-11-19(16)10-4-13-20-2/h5-9,11H,3-4,10,12-13H2,1-2H3,(H,17,18). The first-order valence-corrected chi connectivity index (χ1v) is 7.33. The van der Waals surface area contributed by atoms with Crippen LogP contribution >= 0.6 is 0 Å². The lowest BCUT2D eigenvalue weighted by Gasteiger charge is -2.10. The fourth-order valence-corrected chi connectivity index (χ4v) is 1.98. The minimum atomic E-state index is 0.747. The predicted molar refractivity (Wildman–Crippen MR) is 84.2 cm³/mol. The average Bonchev–Trinajstić information content (AvgIpc) is 2.94. The molecule has 0 fully saturated rings. The number of nitrogens with zero attached hydrogens (tertiary/aromatic N) is 2. The van der Waals surface area contributed by atoms with Crippen LogP contribution in [0.5, 0.6) is 5.75 Å². The summed E-state index contributed by atoms with van der Waals surface area (Å²) in [5, 5.41) is 3.32. The molecular weight excluding hydrogens is 266 g/mol. The zero-order valence-electron chi connectivity index (χ0n) is 12.7. The number of hydrogen-bond donors (Lipinski definition) is 1. The molecule has 5 nitrogen and oxygen atoms in total. The second-order valence-electron chi connectivity index (χ2n) is 4.79. The molecule has 0 spiro atoms. The Morgan fingerprint density at radius 2 is 2.00 bits per heavy atom. The second kappa shape index (κ2) is 8.32. The van der Waals surface area contributed by atoms with E-state index in [1.165, 1.54) is 0 Å². The molecule has 0 amide bonds. The number of aromatic nitrogens is 2. The SMILES string of the molecule is CCCOc1ccc(Nc2nccn2CCCOC)cc1. The number of aryl methyl sites for hydroxylation is 1. The van der Waals surface area contributed by atoms with Crippen LogP contribution in [0, 0.1) is 0 Å². The Hall–Kier alpha value is -2.01. The van der Waals surface area contributed by atoms with Gasteiger partial charge in [0.05, 0.1) is 6.61 Å².